The number of methoxy groups -OCH3 is 1. The first-order valence-corrected chi connectivity index (χ1v) is 11.0. The lowest BCUT2D eigenvalue weighted by Crippen LogP contribution is -2.31. The Morgan fingerprint density at radius 3 is 2.45 bits per heavy atom. The maximum Gasteiger partial charge on any atom is 0.264 e. The van der Waals surface area contributed by atoms with E-state index in [1.165, 1.54) is 48.1 Å². The number of pyridine rings is 1. The molecule has 2 aromatic carbocycles. The molecule has 31 heavy (non-hydrogen) atoms. The predicted molar refractivity (Wildman–Crippen MR) is 121 cm³/mol. The van der Waals surface area contributed by atoms with Crippen LogP contribution >= 0.6 is 11.6 Å². The van der Waals surface area contributed by atoms with Gasteiger partial charge in [0.2, 0.25) is 0 Å². The molecule has 0 spiro atoms. The number of nitrogens with zero attached hydrogens (tertiary/aromatic N) is 2. The first-order valence-electron chi connectivity index (χ1n) is 9.15. The van der Waals surface area contributed by atoms with Crippen molar-refractivity contribution in [1.82, 2.24) is 4.98 Å². The first-order chi connectivity index (χ1) is 14.9. The Morgan fingerprint density at radius 2 is 1.84 bits per heavy atom. The Hall–Kier alpha value is -3.36. The zero-order valence-corrected chi connectivity index (χ0v) is 18.2. The number of hydrogen-bond donors (Lipinski definition) is 1. The van der Waals surface area contributed by atoms with E-state index in [-0.39, 0.29) is 22.0 Å². The number of halogens is 1. The van der Waals surface area contributed by atoms with Gasteiger partial charge in [0.25, 0.3) is 15.9 Å². The molecule has 9 heteroatoms. The zero-order valence-electron chi connectivity index (χ0n) is 16.7. The van der Waals surface area contributed by atoms with Crippen molar-refractivity contribution in [2.75, 3.05) is 23.3 Å². The largest absolute Gasteiger partial charge is 0.497 e. The number of carbonyl (C=O) groups is 1. The summed E-state index contributed by atoms with van der Waals surface area (Å²) >= 11 is 6.19. The van der Waals surface area contributed by atoms with Crippen LogP contribution < -0.4 is 14.4 Å². The number of carbonyl (C=O) groups excluding carboxylic acids is 1. The lowest BCUT2D eigenvalue weighted by molar-refractivity contribution is 0.102. The molecular weight excluding hydrogens is 438 g/mol. The lowest BCUT2D eigenvalue weighted by atomic mass is 10.2. The van der Waals surface area contributed by atoms with Crippen molar-refractivity contribution in [2.24, 2.45) is 0 Å². The summed E-state index contributed by atoms with van der Waals surface area (Å²) in [6.07, 6.45) is 4.54. The summed E-state index contributed by atoms with van der Waals surface area (Å²) in [5.41, 5.74) is 0.974. The fraction of sp³-hybridized carbons (Fsp3) is 0.0909. The molecule has 1 heterocycles. The van der Waals surface area contributed by atoms with Gasteiger partial charge in [-0.15, -0.1) is 6.58 Å². The van der Waals surface area contributed by atoms with Gasteiger partial charge in [-0.05, 0) is 54.6 Å². The molecule has 1 N–H and O–H groups in total. The van der Waals surface area contributed by atoms with E-state index in [9.17, 15) is 13.2 Å². The number of benzene rings is 2. The van der Waals surface area contributed by atoms with Crippen LogP contribution in [0.25, 0.3) is 0 Å². The summed E-state index contributed by atoms with van der Waals surface area (Å²) in [5.74, 6) is 0.0641. The van der Waals surface area contributed by atoms with E-state index >= 15 is 0 Å². The van der Waals surface area contributed by atoms with Crippen molar-refractivity contribution in [3.63, 3.8) is 0 Å². The molecule has 1 aromatic heterocycles. The van der Waals surface area contributed by atoms with Crippen LogP contribution in [0.3, 0.4) is 0 Å². The second kappa shape index (κ2) is 9.63. The summed E-state index contributed by atoms with van der Waals surface area (Å²) < 4.78 is 33.1. The van der Waals surface area contributed by atoms with E-state index < -0.39 is 15.9 Å². The highest BCUT2D eigenvalue weighted by atomic mass is 35.5. The van der Waals surface area contributed by atoms with Crippen LogP contribution in [0, 0.1) is 0 Å². The topological polar surface area (TPSA) is 88.6 Å². The Morgan fingerprint density at radius 1 is 1.16 bits per heavy atom. The van der Waals surface area contributed by atoms with Crippen molar-refractivity contribution in [2.45, 2.75) is 4.90 Å². The molecule has 0 unspecified atom stereocenters. The highest BCUT2D eigenvalue weighted by Gasteiger charge is 2.26. The van der Waals surface area contributed by atoms with Crippen molar-refractivity contribution in [3.8, 4) is 5.75 Å². The average molecular weight is 458 g/mol. The van der Waals surface area contributed by atoms with Gasteiger partial charge in [-0.1, -0.05) is 17.7 Å². The fourth-order valence-corrected chi connectivity index (χ4v) is 4.47. The Bertz CT molecular complexity index is 1180. The molecule has 0 aliphatic heterocycles. The van der Waals surface area contributed by atoms with Crippen molar-refractivity contribution in [1.29, 1.82) is 0 Å². The molecule has 7 nitrogen and oxygen atoms in total. The second-order valence-corrected chi connectivity index (χ2v) is 8.62. The molecule has 0 bridgehead atoms. The lowest BCUT2D eigenvalue weighted by Gasteiger charge is -2.23. The smallest absolute Gasteiger partial charge is 0.264 e. The third kappa shape index (κ3) is 5.04. The van der Waals surface area contributed by atoms with Gasteiger partial charge in [0.05, 0.1) is 34.8 Å². The standard InChI is InChI=1S/C22H20ClN3O4S/c1-3-14-26(17-4-6-18(30-2)7-5-17)31(28,29)19-8-9-21(23)20(15-19)22(27)25-16-10-12-24-13-11-16/h3-13,15H,1,14H2,2H3,(H,24,25,27). The minimum atomic E-state index is -4.01. The van der Waals surface area contributed by atoms with Crippen LogP contribution in [0.4, 0.5) is 11.4 Å². The van der Waals surface area contributed by atoms with Gasteiger partial charge in [-0.2, -0.15) is 0 Å². The predicted octanol–water partition coefficient (Wildman–Crippen LogP) is 4.38. The third-order valence-corrected chi connectivity index (χ3v) is 6.48. The third-order valence-electron chi connectivity index (χ3n) is 4.36. The van der Waals surface area contributed by atoms with Gasteiger partial charge in [0.1, 0.15) is 5.75 Å². The quantitative estimate of drug-likeness (QED) is 0.507. The molecule has 0 aliphatic carbocycles. The van der Waals surface area contributed by atoms with Gasteiger partial charge in [0, 0.05) is 18.1 Å². The molecular formula is C22H20ClN3O4S. The monoisotopic (exact) mass is 457 g/mol. The van der Waals surface area contributed by atoms with Gasteiger partial charge in [-0.25, -0.2) is 8.42 Å². The molecule has 0 fully saturated rings. The maximum atomic E-state index is 13.4. The van der Waals surface area contributed by atoms with Gasteiger partial charge in [-0.3, -0.25) is 14.1 Å². The number of aromatic nitrogens is 1. The van der Waals surface area contributed by atoms with E-state index in [4.69, 9.17) is 16.3 Å². The van der Waals surface area contributed by atoms with Crippen LogP contribution in [0.2, 0.25) is 5.02 Å². The minimum Gasteiger partial charge on any atom is -0.497 e. The molecule has 1 amide bonds. The first kappa shape index (κ1) is 22.3. The highest BCUT2D eigenvalue weighted by molar-refractivity contribution is 7.92. The minimum absolute atomic E-state index is 0.0350. The van der Waals surface area contributed by atoms with Crippen LogP contribution in [-0.2, 0) is 10.0 Å². The Labute approximate surface area is 186 Å². The van der Waals surface area contributed by atoms with E-state index in [1.807, 2.05) is 0 Å². The molecule has 0 aliphatic rings. The SMILES string of the molecule is C=CCN(c1ccc(OC)cc1)S(=O)(=O)c1ccc(Cl)c(C(=O)Nc2ccncc2)c1. The van der Waals surface area contributed by atoms with Gasteiger partial charge >= 0.3 is 0 Å². The van der Waals surface area contributed by atoms with Crippen LogP contribution in [0.5, 0.6) is 5.75 Å². The summed E-state index contributed by atoms with van der Waals surface area (Å²) in [5, 5.41) is 2.80. The summed E-state index contributed by atoms with van der Waals surface area (Å²) in [7, 11) is -2.48. The number of amides is 1. The van der Waals surface area contributed by atoms with Crippen molar-refractivity contribution < 1.29 is 17.9 Å². The summed E-state index contributed by atoms with van der Waals surface area (Å²) in [6, 6.07) is 13.8. The van der Waals surface area contributed by atoms with E-state index in [0.29, 0.717) is 17.1 Å². The number of rotatable bonds is 8. The van der Waals surface area contributed by atoms with Crippen molar-refractivity contribution >= 4 is 38.9 Å². The second-order valence-electron chi connectivity index (χ2n) is 6.35. The average Bonchev–Trinajstić information content (AvgIpc) is 2.78. The summed E-state index contributed by atoms with van der Waals surface area (Å²) in [4.78, 5) is 16.5. The van der Waals surface area contributed by atoms with Crippen LogP contribution in [0.15, 0.2) is 84.5 Å². The maximum absolute atomic E-state index is 13.4. The highest BCUT2D eigenvalue weighted by Crippen LogP contribution is 2.28. The Kier molecular flexibility index (Phi) is 6.94. The molecule has 0 atom stereocenters. The van der Waals surface area contributed by atoms with E-state index in [2.05, 4.69) is 16.9 Å². The molecule has 0 radical (unpaired) electrons. The molecule has 0 saturated carbocycles. The molecule has 3 aromatic rings. The number of hydrogen-bond acceptors (Lipinski definition) is 5. The van der Waals surface area contributed by atoms with Crippen molar-refractivity contribution in [3.05, 3.63) is 90.2 Å². The van der Waals surface area contributed by atoms with E-state index in [1.54, 1.807) is 36.4 Å². The molecule has 160 valence electrons. The number of anilines is 2. The zero-order chi connectivity index (χ0) is 22.4. The van der Waals surface area contributed by atoms with Crippen LogP contribution in [-0.4, -0.2) is 33.0 Å². The van der Waals surface area contributed by atoms with Gasteiger partial charge in [0.15, 0.2) is 0 Å². The summed E-state index contributed by atoms with van der Waals surface area (Å²) in [6.45, 7) is 3.69. The van der Waals surface area contributed by atoms with Crippen LogP contribution in [0.1, 0.15) is 10.4 Å². The number of sulfonamides is 1. The Balaban J connectivity index is 1.98. The normalized spacial score (nSPS) is 10.9. The molecule has 0 saturated heterocycles. The number of nitrogens with one attached hydrogen (secondary N) is 1. The number of ether oxygens (including phenoxy) is 1. The fourth-order valence-electron chi connectivity index (χ4n) is 2.81. The molecule has 3 rings (SSSR count). The van der Waals surface area contributed by atoms with E-state index in [0.717, 1.165) is 0 Å². The van der Waals surface area contributed by atoms with Gasteiger partial charge < -0.3 is 10.1 Å².